The molecule has 5 nitrogen and oxygen atoms in total. The summed E-state index contributed by atoms with van der Waals surface area (Å²) in [5.74, 6) is -0.911. The van der Waals surface area contributed by atoms with Crippen molar-refractivity contribution in [1.29, 1.82) is 0 Å². The van der Waals surface area contributed by atoms with E-state index in [9.17, 15) is 19.1 Å². The minimum atomic E-state index is -0.754. The Morgan fingerprint density at radius 1 is 1.31 bits per heavy atom. The maximum absolute atomic E-state index is 14.8. The van der Waals surface area contributed by atoms with E-state index in [1.165, 1.54) is 23.9 Å². The molecule has 0 aliphatic carbocycles. The van der Waals surface area contributed by atoms with E-state index in [0.29, 0.717) is 22.0 Å². The third kappa shape index (κ3) is 4.33. The fourth-order valence-electron chi connectivity index (χ4n) is 3.94. The van der Waals surface area contributed by atoms with Gasteiger partial charge in [0.15, 0.2) is 5.43 Å². The van der Waals surface area contributed by atoms with E-state index in [2.05, 4.69) is 5.32 Å². The normalized spacial score (nSPS) is 16.0. The summed E-state index contributed by atoms with van der Waals surface area (Å²) in [4.78, 5) is 26.8. The molecule has 0 bridgehead atoms. The average molecular weight is 473 g/mol. The van der Waals surface area contributed by atoms with Gasteiger partial charge in [0.25, 0.3) is 5.91 Å². The number of rotatable bonds is 4. The Morgan fingerprint density at radius 3 is 2.78 bits per heavy atom. The van der Waals surface area contributed by atoms with Crippen LogP contribution in [-0.2, 0) is 6.42 Å². The smallest absolute Gasteiger partial charge is 0.257 e. The molecule has 166 valence electrons. The number of carbonyl (C=O) groups is 1. The number of aliphatic hydroxyl groups is 1. The van der Waals surface area contributed by atoms with E-state index in [0.717, 1.165) is 10.6 Å². The van der Waals surface area contributed by atoms with Gasteiger partial charge in [-0.3, -0.25) is 9.59 Å². The zero-order valence-corrected chi connectivity index (χ0v) is 19.1. The van der Waals surface area contributed by atoms with Gasteiger partial charge in [-0.15, -0.1) is 11.8 Å². The van der Waals surface area contributed by atoms with Crippen molar-refractivity contribution in [3.05, 3.63) is 92.1 Å². The quantitative estimate of drug-likeness (QED) is 0.589. The zero-order chi connectivity index (χ0) is 23.0. The van der Waals surface area contributed by atoms with Crippen LogP contribution in [0.5, 0.6) is 0 Å². The number of nitrogens with zero attached hydrogens (tertiary/aromatic N) is 1. The van der Waals surface area contributed by atoms with Gasteiger partial charge in [-0.25, -0.2) is 4.39 Å². The highest BCUT2D eigenvalue weighted by Gasteiger charge is 2.30. The Hall–Kier alpha value is -2.61. The average Bonchev–Trinajstić information content (AvgIpc) is 2.89. The molecule has 32 heavy (non-hydrogen) atoms. The largest absolute Gasteiger partial charge is 0.392 e. The van der Waals surface area contributed by atoms with Gasteiger partial charge in [-0.2, -0.15) is 0 Å². The van der Waals surface area contributed by atoms with Crippen LogP contribution in [0, 0.1) is 12.7 Å². The Balaban J connectivity index is 1.96. The van der Waals surface area contributed by atoms with E-state index in [-0.39, 0.29) is 29.6 Å². The number of hydrogen-bond donors (Lipinski definition) is 2. The number of nitrogens with one attached hydrogen (secondary N) is 1. The Bertz CT molecular complexity index is 1260. The third-order valence-electron chi connectivity index (χ3n) is 5.35. The maximum Gasteiger partial charge on any atom is 0.257 e. The monoisotopic (exact) mass is 472 g/mol. The van der Waals surface area contributed by atoms with Crippen LogP contribution in [0.3, 0.4) is 0 Å². The number of pyridine rings is 1. The molecule has 1 aliphatic heterocycles. The minimum absolute atomic E-state index is 0.000916. The molecule has 0 saturated heterocycles. The van der Waals surface area contributed by atoms with E-state index >= 15 is 0 Å². The molecule has 8 heteroatoms. The summed E-state index contributed by atoms with van der Waals surface area (Å²) >= 11 is 7.72. The maximum atomic E-state index is 14.8. The second kappa shape index (κ2) is 9.10. The molecule has 4 rings (SSSR count). The number of fused-ring (bicyclic) bond motifs is 3. The van der Waals surface area contributed by atoms with Crippen molar-refractivity contribution in [2.75, 3.05) is 6.54 Å². The van der Waals surface area contributed by atoms with Crippen LogP contribution in [0.25, 0.3) is 5.69 Å². The number of thioether (sulfide) groups is 1. The summed E-state index contributed by atoms with van der Waals surface area (Å²) in [5.41, 5.74) is 2.01. The van der Waals surface area contributed by atoms with Crippen molar-refractivity contribution in [3.63, 3.8) is 0 Å². The molecule has 3 aromatic rings. The second-order valence-corrected chi connectivity index (χ2v) is 9.49. The standard InChI is InChI=1S/C24H22ClFN2O3S/c1-13-9-20(30)23(24(31)27-12-14(2)29)19-11-21(16-5-3-4-6-17(16)26)32-22-10-15(25)7-8-18(22)28(13)19/h3-10,14,21,29H,11-12H2,1-2H3,(H,27,31). The van der Waals surface area contributed by atoms with Crippen LogP contribution in [0.4, 0.5) is 4.39 Å². The summed E-state index contributed by atoms with van der Waals surface area (Å²) < 4.78 is 16.6. The Kier molecular flexibility index (Phi) is 6.42. The van der Waals surface area contributed by atoms with Crippen molar-refractivity contribution in [2.45, 2.75) is 36.5 Å². The summed E-state index contributed by atoms with van der Waals surface area (Å²) in [5, 5.41) is 12.4. The summed E-state index contributed by atoms with van der Waals surface area (Å²) in [6, 6.07) is 13.3. The van der Waals surface area contributed by atoms with Crippen LogP contribution < -0.4 is 10.7 Å². The number of aromatic nitrogens is 1. The molecule has 2 unspecified atom stereocenters. The molecule has 1 amide bonds. The number of benzene rings is 2. The van der Waals surface area contributed by atoms with Crippen molar-refractivity contribution in [2.24, 2.45) is 0 Å². The predicted octanol–water partition coefficient (Wildman–Crippen LogP) is 4.44. The lowest BCUT2D eigenvalue weighted by atomic mass is 10.0. The molecule has 2 aromatic carbocycles. The highest BCUT2D eigenvalue weighted by Crippen LogP contribution is 2.45. The van der Waals surface area contributed by atoms with Crippen LogP contribution in [0.1, 0.15) is 39.5 Å². The molecule has 0 fully saturated rings. The fourth-order valence-corrected chi connectivity index (χ4v) is 5.52. The van der Waals surface area contributed by atoms with Gasteiger partial charge < -0.3 is 15.0 Å². The first-order valence-electron chi connectivity index (χ1n) is 10.2. The van der Waals surface area contributed by atoms with E-state index in [4.69, 9.17) is 11.6 Å². The molecule has 0 radical (unpaired) electrons. The Morgan fingerprint density at radius 2 is 2.06 bits per heavy atom. The van der Waals surface area contributed by atoms with E-state index in [1.807, 2.05) is 16.7 Å². The Labute approximate surface area is 194 Å². The minimum Gasteiger partial charge on any atom is -0.392 e. The summed E-state index contributed by atoms with van der Waals surface area (Å²) in [6.07, 6.45) is -0.498. The summed E-state index contributed by atoms with van der Waals surface area (Å²) in [7, 11) is 0. The SMILES string of the molecule is Cc1cc(=O)c(C(=O)NCC(C)O)c2n1-c1ccc(Cl)cc1SC(c1ccccc1F)C2. The zero-order valence-electron chi connectivity index (χ0n) is 17.6. The molecule has 1 aliphatic rings. The van der Waals surface area contributed by atoms with Crippen LogP contribution in [0.2, 0.25) is 5.02 Å². The number of halogens is 2. The number of aryl methyl sites for hydroxylation is 1. The molecule has 0 saturated carbocycles. The third-order valence-corrected chi connectivity index (χ3v) is 6.87. The van der Waals surface area contributed by atoms with Gasteiger partial charge in [-0.05, 0) is 38.1 Å². The molecule has 2 N–H and O–H groups in total. The van der Waals surface area contributed by atoms with Crippen LogP contribution in [0.15, 0.2) is 58.2 Å². The van der Waals surface area contributed by atoms with Gasteiger partial charge in [0.2, 0.25) is 0 Å². The molecular weight excluding hydrogens is 451 g/mol. The lowest BCUT2D eigenvalue weighted by Crippen LogP contribution is -2.36. The second-order valence-electron chi connectivity index (χ2n) is 7.81. The van der Waals surface area contributed by atoms with E-state index < -0.39 is 17.4 Å². The molecule has 2 atom stereocenters. The van der Waals surface area contributed by atoms with Crippen LogP contribution >= 0.6 is 23.4 Å². The van der Waals surface area contributed by atoms with Crippen molar-refractivity contribution >= 4 is 29.3 Å². The number of carbonyl (C=O) groups excluding carboxylic acids is 1. The van der Waals surface area contributed by atoms with Gasteiger partial charge in [0, 0.05) is 51.2 Å². The first kappa shape index (κ1) is 22.6. The summed E-state index contributed by atoms with van der Waals surface area (Å²) in [6.45, 7) is 3.37. The van der Waals surface area contributed by atoms with Crippen molar-refractivity contribution < 1.29 is 14.3 Å². The van der Waals surface area contributed by atoms with E-state index in [1.54, 1.807) is 38.1 Å². The molecule has 1 aromatic heterocycles. The number of hydrogen-bond acceptors (Lipinski definition) is 4. The molecule has 2 heterocycles. The van der Waals surface area contributed by atoms with Gasteiger partial charge in [0.1, 0.15) is 11.4 Å². The highest BCUT2D eigenvalue weighted by molar-refractivity contribution is 7.99. The number of amides is 1. The molecule has 0 spiro atoms. The lowest BCUT2D eigenvalue weighted by Gasteiger charge is -2.20. The molecular formula is C24H22ClFN2O3S. The topological polar surface area (TPSA) is 71.3 Å². The van der Waals surface area contributed by atoms with Crippen LogP contribution in [-0.4, -0.2) is 28.2 Å². The van der Waals surface area contributed by atoms with Crippen molar-refractivity contribution in [3.8, 4) is 5.69 Å². The first-order valence-corrected chi connectivity index (χ1v) is 11.4. The fraction of sp³-hybridized carbons (Fsp3) is 0.250. The predicted molar refractivity (Wildman–Crippen MR) is 125 cm³/mol. The van der Waals surface area contributed by atoms with Crippen molar-refractivity contribution in [1.82, 2.24) is 9.88 Å². The number of aliphatic hydroxyl groups excluding tert-OH is 1. The van der Waals surface area contributed by atoms with Gasteiger partial charge in [0.05, 0.1) is 11.8 Å². The lowest BCUT2D eigenvalue weighted by molar-refractivity contribution is 0.0921. The highest BCUT2D eigenvalue weighted by atomic mass is 35.5. The van der Waals surface area contributed by atoms with Gasteiger partial charge >= 0.3 is 0 Å². The first-order chi connectivity index (χ1) is 15.3. The van der Waals surface area contributed by atoms with Gasteiger partial charge in [-0.1, -0.05) is 29.8 Å².